The third-order valence-corrected chi connectivity index (χ3v) is 6.73. The average Bonchev–Trinajstić information content (AvgIpc) is 3.21. The molecule has 144 valence electrons. The van der Waals surface area contributed by atoms with E-state index in [4.69, 9.17) is 4.74 Å². The summed E-state index contributed by atoms with van der Waals surface area (Å²) in [6.45, 7) is 1.13. The maximum Gasteiger partial charge on any atom is 0.409 e. The number of carbonyl (C=O) groups is 2. The topological polar surface area (TPSA) is 66.8 Å². The fourth-order valence-electron chi connectivity index (χ4n) is 5.36. The van der Waals surface area contributed by atoms with Crippen LogP contribution in [0.5, 0.6) is 0 Å². The van der Waals surface area contributed by atoms with E-state index in [2.05, 4.69) is 24.3 Å². The predicted molar refractivity (Wildman–Crippen MR) is 104 cm³/mol. The van der Waals surface area contributed by atoms with Crippen molar-refractivity contribution < 1.29 is 19.4 Å². The highest BCUT2D eigenvalue weighted by Crippen LogP contribution is 2.47. The number of fused-ring (bicyclic) bond motifs is 5. The Morgan fingerprint density at radius 3 is 2.36 bits per heavy atom. The Balaban J connectivity index is 1.33. The minimum atomic E-state index is -0.786. The van der Waals surface area contributed by atoms with Crippen LogP contribution in [-0.2, 0) is 9.53 Å². The molecule has 1 aliphatic heterocycles. The zero-order valence-corrected chi connectivity index (χ0v) is 15.6. The second-order valence-corrected chi connectivity index (χ2v) is 8.38. The van der Waals surface area contributed by atoms with Crippen LogP contribution in [0.3, 0.4) is 0 Å². The number of piperidine rings is 1. The summed E-state index contributed by atoms with van der Waals surface area (Å²) in [4.78, 5) is 26.2. The van der Waals surface area contributed by atoms with Crippen LogP contribution in [0, 0.1) is 11.3 Å². The van der Waals surface area contributed by atoms with Crippen molar-refractivity contribution in [2.45, 2.75) is 25.2 Å². The van der Waals surface area contributed by atoms with E-state index < -0.39 is 11.4 Å². The average molecular weight is 377 g/mol. The molecule has 1 N–H and O–H groups in total. The van der Waals surface area contributed by atoms with Gasteiger partial charge in [-0.25, -0.2) is 4.79 Å². The Morgan fingerprint density at radius 2 is 1.71 bits per heavy atom. The lowest BCUT2D eigenvalue weighted by Crippen LogP contribution is -2.49. The van der Waals surface area contributed by atoms with Crippen LogP contribution < -0.4 is 0 Å². The molecule has 1 saturated carbocycles. The molecule has 5 heteroatoms. The van der Waals surface area contributed by atoms with Crippen LogP contribution in [0.25, 0.3) is 11.1 Å². The van der Waals surface area contributed by atoms with Gasteiger partial charge in [-0.3, -0.25) is 4.79 Å². The first-order chi connectivity index (χ1) is 13.6. The van der Waals surface area contributed by atoms with Crippen molar-refractivity contribution in [3.8, 4) is 11.1 Å². The second kappa shape index (κ2) is 6.36. The summed E-state index contributed by atoms with van der Waals surface area (Å²) in [5, 5.41) is 9.66. The molecule has 3 aliphatic rings. The van der Waals surface area contributed by atoms with E-state index in [1.54, 1.807) is 4.90 Å². The summed E-state index contributed by atoms with van der Waals surface area (Å²) in [5.74, 6) is -0.497. The maximum absolute atomic E-state index is 12.8. The van der Waals surface area contributed by atoms with E-state index in [-0.39, 0.29) is 31.1 Å². The van der Waals surface area contributed by atoms with Crippen molar-refractivity contribution in [2.24, 2.45) is 11.3 Å². The van der Waals surface area contributed by atoms with Crippen LogP contribution in [0.2, 0.25) is 0 Å². The number of aliphatic carboxylic acids is 1. The van der Waals surface area contributed by atoms with Crippen molar-refractivity contribution in [1.82, 2.24) is 4.90 Å². The molecule has 0 spiro atoms. The normalized spacial score (nSPS) is 25.3. The molecule has 2 atom stereocenters. The van der Waals surface area contributed by atoms with E-state index >= 15 is 0 Å². The molecule has 2 fully saturated rings. The van der Waals surface area contributed by atoms with Gasteiger partial charge in [0.05, 0.1) is 5.41 Å². The molecule has 1 amide bonds. The molecule has 5 rings (SSSR count). The lowest BCUT2D eigenvalue weighted by molar-refractivity contribution is -0.150. The van der Waals surface area contributed by atoms with Crippen LogP contribution in [0.1, 0.15) is 36.3 Å². The fraction of sp³-hybridized carbons (Fsp3) is 0.391. The summed E-state index contributed by atoms with van der Waals surface area (Å²) >= 11 is 0. The molecule has 2 aromatic carbocycles. The van der Waals surface area contributed by atoms with E-state index in [9.17, 15) is 14.7 Å². The predicted octanol–water partition coefficient (Wildman–Crippen LogP) is 4.12. The molecule has 1 saturated heterocycles. The Hall–Kier alpha value is -2.82. The number of nitrogens with zero attached hydrogens (tertiary/aromatic N) is 1. The van der Waals surface area contributed by atoms with Gasteiger partial charge < -0.3 is 14.7 Å². The van der Waals surface area contributed by atoms with Crippen LogP contribution in [0.4, 0.5) is 4.79 Å². The molecular formula is C23H23NO4. The molecule has 0 radical (unpaired) electrons. The molecule has 0 aromatic heterocycles. The molecule has 5 nitrogen and oxygen atoms in total. The van der Waals surface area contributed by atoms with Gasteiger partial charge in [0.1, 0.15) is 6.61 Å². The number of hydrogen-bond donors (Lipinski definition) is 1. The number of carbonyl (C=O) groups excluding carboxylic acids is 1. The van der Waals surface area contributed by atoms with E-state index in [0.29, 0.717) is 19.4 Å². The molecule has 1 heterocycles. The Morgan fingerprint density at radius 1 is 1.07 bits per heavy atom. The zero-order valence-electron chi connectivity index (χ0n) is 15.6. The summed E-state index contributed by atoms with van der Waals surface area (Å²) in [6.07, 6.45) is 1.81. The highest BCUT2D eigenvalue weighted by Gasteiger charge is 2.51. The van der Waals surface area contributed by atoms with Crippen molar-refractivity contribution in [1.29, 1.82) is 0 Å². The molecule has 2 unspecified atom stereocenters. The van der Waals surface area contributed by atoms with Gasteiger partial charge in [0, 0.05) is 19.0 Å². The van der Waals surface area contributed by atoms with Gasteiger partial charge in [-0.1, -0.05) is 48.5 Å². The summed E-state index contributed by atoms with van der Waals surface area (Å²) in [5.41, 5.74) is 3.96. The van der Waals surface area contributed by atoms with Gasteiger partial charge in [-0.15, -0.1) is 0 Å². The third kappa shape index (κ3) is 2.60. The van der Waals surface area contributed by atoms with Crippen LogP contribution >= 0.6 is 0 Å². The summed E-state index contributed by atoms with van der Waals surface area (Å²) in [7, 11) is 0. The lowest BCUT2D eigenvalue weighted by atomic mass is 9.82. The maximum atomic E-state index is 12.8. The van der Waals surface area contributed by atoms with Crippen molar-refractivity contribution in [2.75, 3.05) is 19.7 Å². The fourth-order valence-corrected chi connectivity index (χ4v) is 5.36. The molecule has 2 bridgehead atoms. The Kier molecular flexibility index (Phi) is 3.93. The summed E-state index contributed by atoms with van der Waals surface area (Å²) in [6, 6.07) is 16.5. The van der Waals surface area contributed by atoms with Crippen LogP contribution in [-0.4, -0.2) is 41.8 Å². The van der Waals surface area contributed by atoms with E-state index in [1.807, 2.05) is 24.3 Å². The van der Waals surface area contributed by atoms with Gasteiger partial charge in [0.15, 0.2) is 0 Å². The molecule has 28 heavy (non-hydrogen) atoms. The molecular weight excluding hydrogens is 354 g/mol. The second-order valence-electron chi connectivity index (χ2n) is 8.38. The van der Waals surface area contributed by atoms with Crippen molar-refractivity contribution >= 4 is 12.1 Å². The number of rotatable bonds is 3. The number of carboxylic acids is 1. The number of benzene rings is 2. The van der Waals surface area contributed by atoms with E-state index in [1.165, 1.54) is 22.3 Å². The highest BCUT2D eigenvalue weighted by atomic mass is 16.6. The number of amides is 1. The number of likely N-dealkylation sites (tertiary alicyclic amines) is 1. The quantitative estimate of drug-likeness (QED) is 0.874. The van der Waals surface area contributed by atoms with Gasteiger partial charge in [-0.2, -0.15) is 0 Å². The van der Waals surface area contributed by atoms with E-state index in [0.717, 1.165) is 6.42 Å². The summed E-state index contributed by atoms with van der Waals surface area (Å²) < 4.78 is 5.72. The SMILES string of the molecule is O=C(OCC1c2ccccc2-c2ccccc21)N1CC2CCC(C(=O)O)(C2)C1. The van der Waals surface area contributed by atoms with Crippen LogP contribution in [0.15, 0.2) is 48.5 Å². The zero-order chi connectivity index (χ0) is 19.3. The smallest absolute Gasteiger partial charge is 0.409 e. The minimum absolute atomic E-state index is 0.0197. The first-order valence-electron chi connectivity index (χ1n) is 9.91. The van der Waals surface area contributed by atoms with Gasteiger partial charge in [0.25, 0.3) is 0 Å². The highest BCUT2D eigenvalue weighted by molar-refractivity contribution is 5.79. The first kappa shape index (κ1) is 17.3. The Bertz CT molecular complexity index is 910. The largest absolute Gasteiger partial charge is 0.481 e. The number of carboxylic acid groups (broad SMARTS) is 1. The number of hydrogen-bond acceptors (Lipinski definition) is 3. The third-order valence-electron chi connectivity index (χ3n) is 6.73. The van der Waals surface area contributed by atoms with Gasteiger partial charge in [0.2, 0.25) is 0 Å². The number of ether oxygens (including phenoxy) is 1. The Labute approximate surface area is 163 Å². The standard InChI is InChI=1S/C23H23NO4/c25-21(26)23-10-9-15(11-23)12-24(14-23)22(27)28-13-20-18-7-3-1-5-16(18)17-6-2-4-8-19(17)20/h1-8,15,20H,9-14H2,(H,25,26). The van der Waals surface area contributed by atoms with Gasteiger partial charge in [-0.05, 0) is 47.4 Å². The lowest BCUT2D eigenvalue weighted by Gasteiger charge is -2.37. The van der Waals surface area contributed by atoms with Gasteiger partial charge >= 0.3 is 12.1 Å². The minimum Gasteiger partial charge on any atom is -0.481 e. The van der Waals surface area contributed by atoms with Crippen molar-refractivity contribution in [3.63, 3.8) is 0 Å². The molecule has 2 aromatic rings. The molecule has 2 aliphatic carbocycles. The monoisotopic (exact) mass is 377 g/mol. The van der Waals surface area contributed by atoms with Crippen molar-refractivity contribution in [3.05, 3.63) is 59.7 Å². The first-order valence-corrected chi connectivity index (χ1v) is 9.91.